The number of hydrogen-bond donors (Lipinski definition) is 4. The topological polar surface area (TPSA) is 98.7 Å². The highest BCUT2D eigenvalue weighted by Crippen LogP contribution is 2.31. The van der Waals surface area contributed by atoms with E-state index in [0.29, 0.717) is 33.6 Å². The number of phenols is 2. The smallest absolute Gasteiger partial charge is 0.255 e. The van der Waals surface area contributed by atoms with E-state index >= 15 is 0 Å². The number of aryl methyl sites for hydroxylation is 2. The van der Waals surface area contributed by atoms with Gasteiger partial charge in [0, 0.05) is 11.1 Å². The summed E-state index contributed by atoms with van der Waals surface area (Å²) in [5, 5.41) is 25.8. The quantitative estimate of drug-likeness (QED) is 0.468. The molecular formula is C24H24N2O4. The first-order valence-electron chi connectivity index (χ1n) is 9.50. The van der Waals surface area contributed by atoms with Crippen LogP contribution in [0.25, 0.3) is 0 Å². The summed E-state index contributed by atoms with van der Waals surface area (Å²) in [6.45, 7) is 7.31. The molecule has 0 aliphatic rings. The lowest BCUT2D eigenvalue weighted by Crippen LogP contribution is -2.15. The fraction of sp³-hybridized carbons (Fsp3) is 0.167. The second-order valence-electron chi connectivity index (χ2n) is 7.29. The van der Waals surface area contributed by atoms with Gasteiger partial charge in [-0.15, -0.1) is 0 Å². The van der Waals surface area contributed by atoms with Gasteiger partial charge < -0.3 is 20.8 Å². The molecule has 6 heteroatoms. The van der Waals surface area contributed by atoms with Crippen molar-refractivity contribution in [2.75, 3.05) is 10.6 Å². The van der Waals surface area contributed by atoms with Gasteiger partial charge in [-0.1, -0.05) is 12.1 Å². The second kappa shape index (κ2) is 8.29. The summed E-state index contributed by atoms with van der Waals surface area (Å²) >= 11 is 0. The fourth-order valence-electron chi connectivity index (χ4n) is 2.97. The summed E-state index contributed by atoms with van der Waals surface area (Å²) in [5.41, 5.74) is 4.61. The SMILES string of the molecule is Cc1ccc(NC(=O)c2ccc(C(=O)Nc3ccc(C)c(C)c3O)cc2)c(O)c1C. The predicted octanol–water partition coefficient (Wildman–Crippen LogP) is 4.84. The molecule has 0 spiro atoms. The standard InChI is InChI=1S/C24H24N2O4/c1-13-5-11-19(21(27)15(13)3)25-23(29)17-7-9-18(10-8-17)24(30)26-20-12-6-14(2)16(4)22(20)28/h5-12,27-28H,1-4H3,(H,25,29)(H,26,30). The maximum Gasteiger partial charge on any atom is 0.255 e. The highest BCUT2D eigenvalue weighted by molar-refractivity contribution is 6.08. The number of rotatable bonds is 4. The molecule has 0 heterocycles. The molecule has 3 rings (SSSR count). The Hall–Kier alpha value is -3.80. The number of nitrogens with one attached hydrogen (secondary N) is 2. The maximum atomic E-state index is 12.5. The molecule has 30 heavy (non-hydrogen) atoms. The number of phenolic OH excluding ortho intramolecular Hbond substituents is 2. The Morgan fingerprint density at radius 3 is 1.27 bits per heavy atom. The highest BCUT2D eigenvalue weighted by Gasteiger charge is 2.14. The Bertz CT molecular complexity index is 1040. The normalized spacial score (nSPS) is 10.5. The van der Waals surface area contributed by atoms with Crippen molar-refractivity contribution >= 4 is 23.2 Å². The molecule has 0 saturated carbocycles. The summed E-state index contributed by atoms with van der Waals surface area (Å²) in [6, 6.07) is 13.1. The van der Waals surface area contributed by atoms with Gasteiger partial charge >= 0.3 is 0 Å². The lowest BCUT2D eigenvalue weighted by Gasteiger charge is -2.12. The minimum atomic E-state index is -0.396. The summed E-state index contributed by atoms with van der Waals surface area (Å²) in [7, 11) is 0. The van der Waals surface area contributed by atoms with Crippen LogP contribution in [0.1, 0.15) is 43.0 Å². The van der Waals surface area contributed by atoms with Gasteiger partial charge in [0.25, 0.3) is 11.8 Å². The van der Waals surface area contributed by atoms with E-state index in [9.17, 15) is 19.8 Å². The van der Waals surface area contributed by atoms with Crippen LogP contribution in [0.3, 0.4) is 0 Å². The molecule has 0 fully saturated rings. The van der Waals surface area contributed by atoms with Crippen LogP contribution in [0.2, 0.25) is 0 Å². The molecule has 0 bridgehead atoms. The van der Waals surface area contributed by atoms with Crippen LogP contribution in [-0.2, 0) is 0 Å². The van der Waals surface area contributed by atoms with Gasteiger partial charge in [0.2, 0.25) is 0 Å². The Kier molecular flexibility index (Phi) is 5.78. The van der Waals surface area contributed by atoms with Crippen LogP contribution in [0, 0.1) is 27.7 Å². The first kappa shape index (κ1) is 20.9. The third kappa shape index (κ3) is 4.12. The molecule has 2 amide bonds. The minimum absolute atomic E-state index is 0.0348. The second-order valence-corrected chi connectivity index (χ2v) is 7.29. The maximum absolute atomic E-state index is 12.5. The van der Waals surface area contributed by atoms with E-state index in [1.165, 1.54) is 24.3 Å². The van der Waals surface area contributed by atoms with Crippen molar-refractivity contribution in [1.29, 1.82) is 0 Å². The summed E-state index contributed by atoms with van der Waals surface area (Å²) in [4.78, 5) is 25.0. The summed E-state index contributed by atoms with van der Waals surface area (Å²) < 4.78 is 0. The molecule has 0 atom stereocenters. The average Bonchev–Trinajstić information content (AvgIpc) is 2.74. The Morgan fingerprint density at radius 1 is 0.600 bits per heavy atom. The van der Waals surface area contributed by atoms with Gasteiger partial charge in [-0.3, -0.25) is 9.59 Å². The third-order valence-corrected chi connectivity index (χ3v) is 5.31. The lowest BCUT2D eigenvalue weighted by atomic mass is 10.1. The van der Waals surface area contributed by atoms with Crippen molar-refractivity contribution in [3.8, 4) is 11.5 Å². The molecule has 0 unspecified atom stereocenters. The molecule has 4 N–H and O–H groups in total. The van der Waals surface area contributed by atoms with Gasteiger partial charge in [-0.2, -0.15) is 0 Å². The van der Waals surface area contributed by atoms with Crippen molar-refractivity contribution in [2.24, 2.45) is 0 Å². The van der Waals surface area contributed by atoms with Crippen LogP contribution >= 0.6 is 0 Å². The van der Waals surface area contributed by atoms with Gasteiger partial charge in [0.1, 0.15) is 11.5 Å². The van der Waals surface area contributed by atoms with Gasteiger partial charge in [0.05, 0.1) is 11.4 Å². The van der Waals surface area contributed by atoms with Crippen LogP contribution in [0.4, 0.5) is 11.4 Å². The van der Waals surface area contributed by atoms with E-state index in [1.54, 1.807) is 26.0 Å². The molecule has 0 aromatic heterocycles. The van der Waals surface area contributed by atoms with Crippen molar-refractivity contribution in [1.82, 2.24) is 0 Å². The molecule has 154 valence electrons. The molecule has 0 aliphatic heterocycles. The largest absolute Gasteiger partial charge is 0.505 e. The zero-order valence-electron chi connectivity index (χ0n) is 17.3. The predicted molar refractivity (Wildman–Crippen MR) is 118 cm³/mol. The van der Waals surface area contributed by atoms with Crippen LogP contribution in [0.15, 0.2) is 48.5 Å². The van der Waals surface area contributed by atoms with Crippen molar-refractivity contribution in [2.45, 2.75) is 27.7 Å². The van der Waals surface area contributed by atoms with E-state index in [0.717, 1.165) is 11.1 Å². The monoisotopic (exact) mass is 404 g/mol. The molecule has 3 aromatic carbocycles. The van der Waals surface area contributed by atoms with Crippen LogP contribution in [-0.4, -0.2) is 22.0 Å². The third-order valence-electron chi connectivity index (χ3n) is 5.31. The number of amides is 2. The van der Waals surface area contributed by atoms with Crippen molar-refractivity contribution in [3.05, 3.63) is 81.9 Å². The fourth-order valence-corrected chi connectivity index (χ4v) is 2.97. The molecular weight excluding hydrogens is 380 g/mol. The number of anilines is 2. The number of carbonyl (C=O) groups excluding carboxylic acids is 2. The first-order valence-corrected chi connectivity index (χ1v) is 9.50. The van der Waals surface area contributed by atoms with Crippen LogP contribution < -0.4 is 10.6 Å². The molecule has 0 aliphatic carbocycles. The molecule has 6 nitrogen and oxygen atoms in total. The number of hydrogen-bond acceptors (Lipinski definition) is 4. The van der Waals surface area contributed by atoms with E-state index in [-0.39, 0.29) is 11.5 Å². The lowest BCUT2D eigenvalue weighted by molar-refractivity contribution is 0.101. The minimum Gasteiger partial charge on any atom is -0.505 e. The Morgan fingerprint density at radius 2 is 0.933 bits per heavy atom. The summed E-state index contributed by atoms with van der Waals surface area (Å²) in [6.07, 6.45) is 0. The summed E-state index contributed by atoms with van der Waals surface area (Å²) in [5.74, 6) is -0.722. The Balaban J connectivity index is 1.73. The van der Waals surface area contributed by atoms with Gasteiger partial charge in [-0.25, -0.2) is 0 Å². The number of aromatic hydroxyl groups is 2. The van der Waals surface area contributed by atoms with E-state index < -0.39 is 11.8 Å². The first-order chi connectivity index (χ1) is 14.2. The zero-order valence-corrected chi connectivity index (χ0v) is 17.3. The molecule has 0 radical (unpaired) electrons. The van der Waals surface area contributed by atoms with Gasteiger partial charge in [0.15, 0.2) is 0 Å². The molecule has 0 saturated heterocycles. The van der Waals surface area contributed by atoms with Crippen molar-refractivity contribution in [3.63, 3.8) is 0 Å². The van der Waals surface area contributed by atoms with Crippen molar-refractivity contribution < 1.29 is 19.8 Å². The number of benzene rings is 3. The highest BCUT2D eigenvalue weighted by atomic mass is 16.3. The number of carbonyl (C=O) groups is 2. The van der Waals surface area contributed by atoms with E-state index in [1.807, 2.05) is 26.0 Å². The Labute approximate surface area is 175 Å². The van der Waals surface area contributed by atoms with Gasteiger partial charge in [-0.05, 0) is 86.3 Å². The zero-order chi connectivity index (χ0) is 22.0. The molecule has 3 aromatic rings. The average molecular weight is 404 g/mol. The van der Waals surface area contributed by atoms with Crippen LogP contribution in [0.5, 0.6) is 11.5 Å². The van der Waals surface area contributed by atoms with E-state index in [2.05, 4.69) is 10.6 Å². The van der Waals surface area contributed by atoms with E-state index in [4.69, 9.17) is 0 Å².